The molecule has 3 aliphatic rings. The molecule has 2 aliphatic heterocycles. The minimum absolute atomic E-state index is 0.0157. The quantitative estimate of drug-likeness (QED) is 0.154. The number of nitrogens with zero attached hydrogens (tertiary/aromatic N) is 2. The van der Waals surface area contributed by atoms with Gasteiger partial charge in [0.2, 0.25) is 0 Å². The molecule has 4 nitrogen and oxygen atoms in total. The molecule has 0 fully saturated rings. The van der Waals surface area contributed by atoms with E-state index in [1.807, 2.05) is 11.3 Å². The van der Waals surface area contributed by atoms with Gasteiger partial charge in [-0.25, -0.2) is 0 Å². The highest BCUT2D eigenvalue weighted by molar-refractivity contribution is 7.25. The Bertz CT molecular complexity index is 4170. The van der Waals surface area contributed by atoms with Crippen molar-refractivity contribution in [3.05, 3.63) is 150 Å². The molecule has 0 spiro atoms. The first-order chi connectivity index (χ1) is 31.8. The van der Waals surface area contributed by atoms with E-state index in [1.165, 1.54) is 103 Å². The lowest BCUT2D eigenvalue weighted by molar-refractivity contribution is 0.332. The number of para-hydroxylation sites is 2. The Kier molecular flexibility index (Phi) is 6.91. The van der Waals surface area contributed by atoms with Crippen molar-refractivity contribution in [1.29, 1.82) is 0 Å². The van der Waals surface area contributed by atoms with Gasteiger partial charge in [-0.05, 0) is 129 Å². The van der Waals surface area contributed by atoms with Gasteiger partial charge in [-0.2, -0.15) is 0 Å². The molecular formula is C60H47BN2O2S. The van der Waals surface area contributed by atoms with E-state index >= 15 is 0 Å². The predicted octanol–water partition coefficient (Wildman–Crippen LogP) is 15.8. The average Bonchev–Trinajstić information content (AvgIpc) is 4.07. The lowest BCUT2D eigenvalue weighted by Crippen LogP contribution is -2.60. The summed E-state index contributed by atoms with van der Waals surface area (Å²) in [5.74, 6) is 0. The number of aromatic nitrogens is 1. The molecule has 8 aromatic carbocycles. The van der Waals surface area contributed by atoms with Gasteiger partial charge in [0.1, 0.15) is 22.3 Å². The molecule has 0 saturated carbocycles. The number of anilines is 2. The van der Waals surface area contributed by atoms with Gasteiger partial charge in [0.25, 0.3) is 0 Å². The van der Waals surface area contributed by atoms with E-state index in [-0.39, 0.29) is 23.1 Å². The third-order valence-corrected chi connectivity index (χ3v) is 17.3. The third kappa shape index (κ3) is 4.65. The smallest absolute Gasteiger partial charge is 0.333 e. The maximum atomic E-state index is 7.33. The van der Waals surface area contributed by atoms with Crippen molar-refractivity contribution in [2.24, 2.45) is 0 Å². The molecule has 15 rings (SSSR count). The number of hydrogen-bond acceptors (Lipinski definition) is 4. The highest BCUT2D eigenvalue weighted by atomic mass is 32.1. The summed E-state index contributed by atoms with van der Waals surface area (Å²) in [5, 5.41) is 9.69. The molecule has 1 aliphatic carbocycles. The van der Waals surface area contributed by atoms with E-state index in [4.69, 9.17) is 8.83 Å². The summed E-state index contributed by atoms with van der Waals surface area (Å²) < 4.78 is 19.4. The number of thiophene rings is 1. The highest BCUT2D eigenvalue weighted by Gasteiger charge is 2.47. The van der Waals surface area contributed by atoms with Crippen LogP contribution in [0.3, 0.4) is 0 Å². The van der Waals surface area contributed by atoms with E-state index in [2.05, 4.69) is 191 Å². The van der Waals surface area contributed by atoms with Gasteiger partial charge in [0, 0.05) is 69.7 Å². The lowest BCUT2D eigenvalue weighted by atomic mass is 9.43. The maximum absolute atomic E-state index is 7.33. The summed E-state index contributed by atoms with van der Waals surface area (Å²) in [6.07, 6.45) is 2.29. The average molecular weight is 871 g/mol. The fourth-order valence-electron chi connectivity index (χ4n) is 12.7. The van der Waals surface area contributed by atoms with Crippen LogP contribution in [0.1, 0.15) is 78.0 Å². The molecule has 0 atom stereocenters. The Balaban J connectivity index is 1.21. The van der Waals surface area contributed by atoms with Crippen LogP contribution < -0.4 is 15.7 Å². The van der Waals surface area contributed by atoms with Crippen LogP contribution in [0.15, 0.2) is 142 Å². The SMILES string of the molecule is CC(C)(C)c1ccc(N2B3c4cc5oc6ccccc6c5cc4-n4c5cc6c(cc5c5c7oc8ccccc8c7c(c3c54)-c3cc4c(cc32)sc2ccccc24)C(C)(C)CCC6(C)C)cc1. The van der Waals surface area contributed by atoms with Crippen LogP contribution in [0, 0.1) is 0 Å². The second kappa shape index (κ2) is 12.2. The maximum Gasteiger partial charge on any atom is 0.333 e. The van der Waals surface area contributed by atoms with Crippen LogP contribution in [0.5, 0.6) is 0 Å². The number of fused-ring (bicyclic) bond motifs is 20. The van der Waals surface area contributed by atoms with Crippen LogP contribution >= 0.6 is 11.3 Å². The van der Waals surface area contributed by atoms with Crippen LogP contribution in [-0.2, 0) is 16.2 Å². The van der Waals surface area contributed by atoms with Crippen molar-refractivity contribution in [3.63, 3.8) is 0 Å². The molecular weight excluding hydrogens is 824 g/mol. The number of hydrogen-bond donors (Lipinski definition) is 0. The van der Waals surface area contributed by atoms with E-state index in [0.29, 0.717) is 0 Å². The zero-order chi connectivity index (χ0) is 44.3. The minimum atomic E-state index is -0.188. The molecule has 318 valence electrons. The van der Waals surface area contributed by atoms with Gasteiger partial charge in [0.05, 0.1) is 16.4 Å². The van der Waals surface area contributed by atoms with Crippen LogP contribution in [0.4, 0.5) is 11.4 Å². The largest absolute Gasteiger partial charge is 0.456 e. The van der Waals surface area contributed by atoms with Crippen molar-refractivity contribution < 1.29 is 8.83 Å². The van der Waals surface area contributed by atoms with E-state index < -0.39 is 0 Å². The predicted molar refractivity (Wildman–Crippen MR) is 281 cm³/mol. The molecule has 4 aromatic heterocycles. The van der Waals surface area contributed by atoms with Crippen LogP contribution in [-0.4, -0.2) is 11.4 Å². The Morgan fingerprint density at radius 3 is 2.02 bits per heavy atom. The molecule has 0 saturated heterocycles. The Labute approximate surface area is 387 Å². The summed E-state index contributed by atoms with van der Waals surface area (Å²) in [7, 11) is 0. The molecule has 0 amide bonds. The molecule has 0 bridgehead atoms. The van der Waals surface area contributed by atoms with Crippen molar-refractivity contribution in [3.8, 4) is 16.8 Å². The second-order valence-electron chi connectivity index (χ2n) is 21.9. The van der Waals surface area contributed by atoms with Crippen molar-refractivity contribution in [1.82, 2.24) is 4.57 Å². The summed E-state index contributed by atoms with van der Waals surface area (Å²) in [6.45, 7) is 16.5. The van der Waals surface area contributed by atoms with Gasteiger partial charge in [-0.3, -0.25) is 0 Å². The van der Waals surface area contributed by atoms with Gasteiger partial charge in [-0.1, -0.05) is 115 Å². The standard InChI is InChI=1S/C60H47BN2O2S/c1-58(2,3)32-20-22-33(23-21-32)63-45-31-51-38(35-15-10-13-19-50(35)66-51)26-39(45)52-53-36-16-9-12-18-48(36)65-57(53)54-40-27-41-42(60(6,7)25-24-59(41,4)5)29-44(40)62-46-28-37-34-14-8-11-17-47(34)64-49(37)30-43(46)61(63)55(52)56(54)62/h8-23,26-31H,24-25H2,1-7H3. The molecule has 0 unspecified atom stereocenters. The fraction of sp³-hybridized carbons (Fsp3) is 0.200. The summed E-state index contributed by atoms with van der Waals surface area (Å²) >= 11 is 1.89. The van der Waals surface area contributed by atoms with Crippen LogP contribution in [0.2, 0.25) is 0 Å². The summed E-state index contributed by atoms with van der Waals surface area (Å²) in [4.78, 5) is 2.67. The first kappa shape index (κ1) is 37.5. The minimum Gasteiger partial charge on any atom is -0.456 e. The summed E-state index contributed by atoms with van der Waals surface area (Å²) in [6, 6.07) is 50.6. The molecule has 6 heteroatoms. The topological polar surface area (TPSA) is 34.5 Å². The van der Waals surface area contributed by atoms with Crippen LogP contribution in [0.25, 0.3) is 103 Å². The zero-order valence-electron chi connectivity index (χ0n) is 38.3. The summed E-state index contributed by atoms with van der Waals surface area (Å²) in [5.41, 5.74) is 19.1. The number of benzene rings is 8. The van der Waals surface area contributed by atoms with Gasteiger partial charge in [0.15, 0.2) is 0 Å². The molecule has 12 aromatic rings. The molecule has 6 heterocycles. The normalized spacial score (nSPS) is 16.2. The second-order valence-corrected chi connectivity index (χ2v) is 23.0. The monoisotopic (exact) mass is 870 g/mol. The van der Waals surface area contributed by atoms with Crippen molar-refractivity contribution >= 4 is 126 Å². The van der Waals surface area contributed by atoms with Gasteiger partial charge in [-0.15, -0.1) is 11.3 Å². The first-order valence-electron chi connectivity index (χ1n) is 23.7. The number of furan rings is 2. The van der Waals surface area contributed by atoms with Gasteiger partial charge >= 0.3 is 6.85 Å². The fourth-order valence-corrected chi connectivity index (χ4v) is 13.8. The third-order valence-electron chi connectivity index (χ3n) is 16.2. The Morgan fingerprint density at radius 2 is 1.26 bits per heavy atom. The highest BCUT2D eigenvalue weighted by Crippen LogP contribution is 2.55. The Morgan fingerprint density at radius 1 is 0.576 bits per heavy atom. The Hall–Kier alpha value is -6.76. The molecule has 0 N–H and O–H groups in total. The van der Waals surface area contributed by atoms with Gasteiger partial charge < -0.3 is 18.2 Å². The molecule has 66 heavy (non-hydrogen) atoms. The number of rotatable bonds is 1. The van der Waals surface area contributed by atoms with E-state index in [1.54, 1.807) is 0 Å². The molecule has 0 radical (unpaired) electrons. The lowest BCUT2D eigenvalue weighted by Gasteiger charge is -2.42. The van der Waals surface area contributed by atoms with Crippen molar-refractivity contribution in [2.75, 3.05) is 4.81 Å². The van der Waals surface area contributed by atoms with E-state index in [9.17, 15) is 0 Å². The zero-order valence-corrected chi connectivity index (χ0v) is 39.1. The van der Waals surface area contributed by atoms with Crippen molar-refractivity contribution in [2.45, 2.75) is 77.6 Å². The van der Waals surface area contributed by atoms with E-state index in [0.717, 1.165) is 51.3 Å². The first-order valence-corrected chi connectivity index (χ1v) is 24.5.